The van der Waals surface area contributed by atoms with Gasteiger partial charge in [-0.3, -0.25) is 0 Å². The van der Waals surface area contributed by atoms with E-state index in [0.717, 1.165) is 24.3 Å². The second-order valence-electron chi connectivity index (χ2n) is 13.0. The quantitative estimate of drug-likeness (QED) is 0.0971. The van der Waals surface area contributed by atoms with Gasteiger partial charge in [0.15, 0.2) is 46.5 Å². The maximum atomic E-state index is 15.8. The summed E-state index contributed by atoms with van der Waals surface area (Å²) in [6.45, 7) is 0. The predicted octanol–water partition coefficient (Wildman–Crippen LogP) is 10.1. The maximum absolute atomic E-state index is 15.8. The first-order chi connectivity index (χ1) is 29.8. The molecule has 0 amide bonds. The number of nitrogens with zero attached hydrogens (tertiary/aromatic N) is 8. The van der Waals surface area contributed by atoms with E-state index in [9.17, 15) is 42.1 Å². The molecule has 0 N–H and O–H groups in total. The number of hydrogen-bond donors (Lipinski definition) is 0. The lowest BCUT2D eigenvalue weighted by atomic mass is 9.86. The van der Waals surface area contributed by atoms with Gasteiger partial charge in [-0.05, 0) is 58.7 Å². The molecule has 0 heterocycles. The molecule has 0 saturated heterocycles. The van der Waals surface area contributed by atoms with E-state index >= 15 is 35.1 Å². The Morgan fingerprint density at radius 2 is 0.661 bits per heavy atom. The van der Waals surface area contributed by atoms with Gasteiger partial charge in [-0.1, -0.05) is 24.3 Å². The van der Waals surface area contributed by atoms with E-state index < -0.39 is 102 Å². The molecular weight excluding hydrogens is 817 g/mol. The van der Waals surface area contributed by atoms with Crippen LogP contribution in [0.2, 0.25) is 0 Å². The molecule has 0 bridgehead atoms. The van der Waals surface area contributed by atoms with Crippen LogP contribution in [0.15, 0.2) is 60.7 Å². The van der Waals surface area contributed by atoms with Gasteiger partial charge < -0.3 is 0 Å². The van der Waals surface area contributed by atoms with Gasteiger partial charge in [-0.2, -0.15) is 42.1 Å². The van der Waals surface area contributed by atoms with Crippen molar-refractivity contribution >= 4 is 44.6 Å². The van der Waals surface area contributed by atoms with Crippen LogP contribution in [0, 0.1) is 137 Å². The van der Waals surface area contributed by atoms with E-state index in [1.165, 1.54) is 60.7 Å². The van der Waals surface area contributed by atoms with Gasteiger partial charge in [-0.15, -0.1) is 0 Å². The topological polar surface area (TPSA) is 190 Å². The van der Waals surface area contributed by atoms with Gasteiger partial charge in [0.25, 0.3) is 0 Å². The standard InChI is InChI=1S/C46H10F8N8/c47-39-31(17-61)40(48)44(52)37(43(39)51)29(15-59)35-25-10-24-26(9-23(25)27(13-57)33(35)21-5-1-19(11-55)2-6-21)36(34(28(24)14-58)22-7-3-20(12-56)4-8-22)30(16-60)38-45(53)41(49)32(18-62)42(50)46(38)54/h1-10H/b35-29-,36-30-. The number of nitriles is 8. The molecule has 0 atom stereocenters. The Labute approximate surface area is 343 Å². The van der Waals surface area contributed by atoms with Crippen molar-refractivity contribution in [2.45, 2.75) is 0 Å². The highest BCUT2D eigenvalue weighted by molar-refractivity contribution is 6.34. The largest absolute Gasteiger partial charge is 0.203 e. The molecule has 2 aliphatic rings. The third kappa shape index (κ3) is 5.74. The smallest absolute Gasteiger partial charge is 0.180 e. The van der Waals surface area contributed by atoms with Gasteiger partial charge in [-0.25, -0.2) is 35.1 Å². The highest BCUT2D eigenvalue weighted by atomic mass is 19.2. The average molecular weight is 827 g/mol. The number of benzene rings is 5. The molecule has 290 valence electrons. The van der Waals surface area contributed by atoms with Crippen LogP contribution in [0.5, 0.6) is 0 Å². The molecule has 8 nitrogen and oxygen atoms in total. The number of fused-ring (bicyclic) bond motifs is 2. The highest BCUT2D eigenvalue weighted by Crippen LogP contribution is 2.56. The van der Waals surface area contributed by atoms with Crippen LogP contribution in [0.4, 0.5) is 35.1 Å². The Balaban J connectivity index is 1.71. The molecule has 7 rings (SSSR count). The number of halogens is 8. The average Bonchev–Trinajstić information content (AvgIpc) is 3.78. The molecule has 0 radical (unpaired) electrons. The molecule has 5 aromatic rings. The molecular formula is C46H10F8N8. The van der Waals surface area contributed by atoms with E-state index in [1.807, 2.05) is 24.3 Å². The Hall–Kier alpha value is -9.58. The Kier molecular flexibility index (Phi) is 10.0. The van der Waals surface area contributed by atoms with Gasteiger partial charge in [0.05, 0.1) is 56.7 Å². The molecule has 0 spiro atoms. The van der Waals surface area contributed by atoms with Crippen molar-refractivity contribution in [1.29, 1.82) is 42.1 Å². The van der Waals surface area contributed by atoms with Crippen LogP contribution in [-0.2, 0) is 0 Å². The highest BCUT2D eigenvalue weighted by Gasteiger charge is 2.40. The molecule has 5 aromatic carbocycles. The zero-order valence-electron chi connectivity index (χ0n) is 30.4. The number of hydrogen-bond acceptors (Lipinski definition) is 8. The predicted molar refractivity (Wildman–Crippen MR) is 200 cm³/mol. The fourth-order valence-corrected chi connectivity index (χ4v) is 7.34. The van der Waals surface area contributed by atoms with Gasteiger partial charge >= 0.3 is 0 Å². The number of allylic oxidation sites excluding steroid dienone is 8. The summed E-state index contributed by atoms with van der Waals surface area (Å²) in [7, 11) is 0. The molecule has 2 aliphatic carbocycles. The first kappa shape index (κ1) is 40.6. The summed E-state index contributed by atoms with van der Waals surface area (Å²) in [6, 6.07) is 24.7. The van der Waals surface area contributed by atoms with Crippen LogP contribution >= 0.6 is 0 Å². The van der Waals surface area contributed by atoms with Crippen LogP contribution < -0.4 is 0 Å². The summed E-state index contributed by atoms with van der Waals surface area (Å²) >= 11 is 0. The first-order valence-electron chi connectivity index (χ1n) is 17.1. The van der Waals surface area contributed by atoms with Crippen LogP contribution in [0.25, 0.3) is 44.6 Å². The lowest BCUT2D eigenvalue weighted by Gasteiger charge is -2.16. The van der Waals surface area contributed by atoms with E-state index in [2.05, 4.69) is 0 Å². The summed E-state index contributed by atoms with van der Waals surface area (Å²) in [6.07, 6.45) is 0. The van der Waals surface area contributed by atoms with E-state index in [0.29, 0.717) is 0 Å². The van der Waals surface area contributed by atoms with Crippen LogP contribution in [0.1, 0.15) is 66.8 Å². The van der Waals surface area contributed by atoms with Crippen molar-refractivity contribution in [1.82, 2.24) is 0 Å². The van der Waals surface area contributed by atoms with Gasteiger partial charge in [0.2, 0.25) is 0 Å². The molecule has 16 heteroatoms. The Morgan fingerprint density at radius 3 is 0.903 bits per heavy atom. The van der Waals surface area contributed by atoms with E-state index in [1.54, 1.807) is 0 Å². The third-order valence-electron chi connectivity index (χ3n) is 10.0. The lowest BCUT2D eigenvalue weighted by molar-refractivity contribution is 0.447. The Morgan fingerprint density at radius 1 is 0.355 bits per heavy atom. The summed E-state index contributed by atoms with van der Waals surface area (Å²) in [5.74, 6) is -17.4. The SMILES string of the molecule is N#CC1=C(c2ccc(C#N)cc2)/C(=C(/C#N)c2c(F)c(F)c(C#N)c(F)c2F)c2cc3c(cc21)/C(=C(\C#N)c1c(F)c(F)c(C#N)c(F)c1F)C(c1ccc(C#N)cc1)=C3C#N. The molecule has 0 fully saturated rings. The van der Waals surface area contributed by atoms with Crippen molar-refractivity contribution in [3.8, 4) is 48.6 Å². The van der Waals surface area contributed by atoms with Gasteiger partial charge in [0.1, 0.15) is 47.5 Å². The van der Waals surface area contributed by atoms with Crippen LogP contribution in [0.3, 0.4) is 0 Å². The second-order valence-corrected chi connectivity index (χ2v) is 13.0. The van der Waals surface area contributed by atoms with Gasteiger partial charge in [0, 0.05) is 33.4 Å². The monoisotopic (exact) mass is 826 g/mol. The zero-order valence-corrected chi connectivity index (χ0v) is 30.4. The third-order valence-corrected chi connectivity index (χ3v) is 10.0. The van der Waals surface area contributed by atoms with Crippen molar-refractivity contribution in [3.63, 3.8) is 0 Å². The fourth-order valence-electron chi connectivity index (χ4n) is 7.34. The maximum Gasteiger partial charge on any atom is 0.180 e. The molecule has 0 aliphatic heterocycles. The molecule has 0 saturated carbocycles. The zero-order chi connectivity index (χ0) is 44.9. The van der Waals surface area contributed by atoms with E-state index in [-0.39, 0.29) is 55.7 Å². The second kappa shape index (κ2) is 15.3. The number of rotatable bonds is 4. The summed E-state index contributed by atoms with van der Waals surface area (Å²) < 4.78 is 124. The molecule has 0 aromatic heterocycles. The minimum Gasteiger partial charge on any atom is -0.203 e. The van der Waals surface area contributed by atoms with Crippen molar-refractivity contribution < 1.29 is 35.1 Å². The fraction of sp³-hybridized carbons (Fsp3) is 0. The Bertz CT molecular complexity index is 3160. The minimum atomic E-state index is -2.17. The summed E-state index contributed by atoms with van der Waals surface area (Å²) in [5.41, 5.74) is -12.6. The lowest BCUT2D eigenvalue weighted by Crippen LogP contribution is -2.08. The van der Waals surface area contributed by atoms with E-state index in [4.69, 9.17) is 0 Å². The normalized spacial score (nSPS) is 13.9. The van der Waals surface area contributed by atoms with Crippen molar-refractivity contribution in [2.24, 2.45) is 0 Å². The summed E-state index contributed by atoms with van der Waals surface area (Å²) in [4.78, 5) is 0. The van der Waals surface area contributed by atoms with Crippen LogP contribution in [-0.4, -0.2) is 0 Å². The van der Waals surface area contributed by atoms with Crippen molar-refractivity contribution in [2.75, 3.05) is 0 Å². The summed E-state index contributed by atoms with van der Waals surface area (Å²) in [5, 5.41) is 79.9. The minimum absolute atomic E-state index is 0.0226. The molecule has 62 heavy (non-hydrogen) atoms. The molecule has 0 unspecified atom stereocenters. The van der Waals surface area contributed by atoms with Crippen molar-refractivity contribution in [3.05, 3.63) is 174 Å². The first-order valence-corrected chi connectivity index (χ1v) is 17.1.